The second kappa shape index (κ2) is 3.40. The first-order chi connectivity index (χ1) is 7.04. The minimum atomic E-state index is -0.278. The number of carbonyl (C=O) groups excluding carboxylic acids is 1. The molecule has 82 valence electrons. The molecule has 1 N–H and O–H groups in total. The summed E-state index contributed by atoms with van der Waals surface area (Å²) >= 11 is 0. The number of methoxy groups -OCH3 is 1. The highest BCUT2D eigenvalue weighted by Gasteiger charge is 2.30. The van der Waals surface area contributed by atoms with Crippen molar-refractivity contribution in [3.8, 4) is 0 Å². The number of aryl methyl sites for hydroxylation is 1. The van der Waals surface area contributed by atoms with Crippen molar-refractivity contribution in [2.24, 2.45) is 0 Å². The maximum absolute atomic E-state index is 11.4. The van der Waals surface area contributed by atoms with Gasteiger partial charge in [-0.3, -0.25) is 0 Å². The zero-order valence-electron chi connectivity index (χ0n) is 9.52. The lowest BCUT2D eigenvalue weighted by molar-refractivity contribution is 0.0594. The smallest absolute Gasteiger partial charge is 0.354 e. The van der Waals surface area contributed by atoms with E-state index in [1.807, 2.05) is 6.07 Å². The molecule has 0 spiro atoms. The SMILES string of the molecule is COC(=O)c1cc2c([nH]1)C(C)(C)CCC2. The summed E-state index contributed by atoms with van der Waals surface area (Å²) in [5.41, 5.74) is 3.21. The van der Waals surface area contributed by atoms with Crippen molar-refractivity contribution in [1.82, 2.24) is 4.98 Å². The van der Waals surface area contributed by atoms with Crippen molar-refractivity contribution in [1.29, 1.82) is 0 Å². The lowest BCUT2D eigenvalue weighted by Gasteiger charge is -2.29. The monoisotopic (exact) mass is 207 g/mol. The molecule has 0 saturated carbocycles. The van der Waals surface area contributed by atoms with Gasteiger partial charge in [-0.2, -0.15) is 0 Å². The van der Waals surface area contributed by atoms with Crippen molar-refractivity contribution >= 4 is 5.97 Å². The second-order valence-electron chi connectivity index (χ2n) is 4.81. The van der Waals surface area contributed by atoms with Crippen molar-refractivity contribution in [2.75, 3.05) is 7.11 Å². The third kappa shape index (κ3) is 1.66. The molecular formula is C12H17NO2. The number of esters is 1. The van der Waals surface area contributed by atoms with Gasteiger partial charge in [-0.25, -0.2) is 4.79 Å². The van der Waals surface area contributed by atoms with Crippen molar-refractivity contribution in [3.05, 3.63) is 23.0 Å². The molecular weight excluding hydrogens is 190 g/mol. The molecule has 0 aliphatic heterocycles. The third-order valence-corrected chi connectivity index (χ3v) is 3.23. The molecule has 0 saturated heterocycles. The fourth-order valence-electron chi connectivity index (χ4n) is 2.36. The maximum atomic E-state index is 11.4. The highest BCUT2D eigenvalue weighted by Crippen LogP contribution is 2.36. The molecule has 3 nitrogen and oxygen atoms in total. The number of carbonyl (C=O) groups is 1. The van der Waals surface area contributed by atoms with E-state index >= 15 is 0 Å². The molecule has 0 atom stereocenters. The molecule has 1 aromatic heterocycles. The number of fused-ring (bicyclic) bond motifs is 1. The number of ether oxygens (including phenoxy) is 1. The van der Waals surface area contributed by atoms with Gasteiger partial charge in [-0.05, 0) is 30.9 Å². The molecule has 0 unspecified atom stereocenters. The van der Waals surface area contributed by atoms with Gasteiger partial charge in [0.2, 0.25) is 0 Å². The van der Waals surface area contributed by atoms with E-state index in [2.05, 4.69) is 18.8 Å². The number of aromatic nitrogens is 1. The predicted octanol–water partition coefficient (Wildman–Crippen LogP) is 2.42. The third-order valence-electron chi connectivity index (χ3n) is 3.23. The Morgan fingerprint density at radius 3 is 2.87 bits per heavy atom. The van der Waals surface area contributed by atoms with Gasteiger partial charge in [-0.15, -0.1) is 0 Å². The number of rotatable bonds is 1. The average molecular weight is 207 g/mol. The molecule has 1 aromatic rings. The molecule has 0 radical (unpaired) electrons. The van der Waals surface area contributed by atoms with E-state index in [1.165, 1.54) is 31.2 Å². The van der Waals surface area contributed by atoms with Crippen molar-refractivity contribution in [3.63, 3.8) is 0 Å². The Morgan fingerprint density at radius 2 is 2.27 bits per heavy atom. The van der Waals surface area contributed by atoms with Gasteiger partial charge in [0.25, 0.3) is 0 Å². The van der Waals surface area contributed by atoms with Crippen LogP contribution in [0.2, 0.25) is 0 Å². The molecule has 15 heavy (non-hydrogen) atoms. The summed E-state index contributed by atoms with van der Waals surface area (Å²) in [6.45, 7) is 4.42. The summed E-state index contributed by atoms with van der Waals surface area (Å²) < 4.78 is 4.71. The van der Waals surface area contributed by atoms with Gasteiger partial charge >= 0.3 is 5.97 Å². The minimum Gasteiger partial charge on any atom is -0.464 e. The van der Waals surface area contributed by atoms with E-state index in [9.17, 15) is 4.79 Å². The minimum absolute atomic E-state index is 0.153. The van der Waals surface area contributed by atoms with Crippen LogP contribution in [-0.2, 0) is 16.6 Å². The van der Waals surface area contributed by atoms with Crippen LogP contribution in [0.3, 0.4) is 0 Å². The topological polar surface area (TPSA) is 42.1 Å². The predicted molar refractivity (Wildman–Crippen MR) is 58.1 cm³/mol. The zero-order chi connectivity index (χ0) is 11.1. The quantitative estimate of drug-likeness (QED) is 0.718. The van der Waals surface area contributed by atoms with E-state index in [1.54, 1.807) is 0 Å². The van der Waals surface area contributed by atoms with Gasteiger partial charge in [-0.1, -0.05) is 13.8 Å². The highest BCUT2D eigenvalue weighted by atomic mass is 16.5. The van der Waals surface area contributed by atoms with Crippen LogP contribution in [-0.4, -0.2) is 18.1 Å². The summed E-state index contributed by atoms with van der Waals surface area (Å²) in [6, 6.07) is 1.93. The van der Waals surface area contributed by atoms with E-state index in [-0.39, 0.29) is 11.4 Å². The number of H-pyrrole nitrogens is 1. The Bertz CT molecular complexity index is 390. The van der Waals surface area contributed by atoms with Crippen LogP contribution >= 0.6 is 0 Å². The molecule has 0 aromatic carbocycles. The zero-order valence-corrected chi connectivity index (χ0v) is 9.52. The Balaban J connectivity index is 2.42. The van der Waals surface area contributed by atoms with Crippen LogP contribution in [0, 0.1) is 0 Å². The van der Waals surface area contributed by atoms with Crippen LogP contribution < -0.4 is 0 Å². The van der Waals surface area contributed by atoms with Crippen LogP contribution in [0.5, 0.6) is 0 Å². The molecule has 0 bridgehead atoms. The first-order valence-corrected chi connectivity index (χ1v) is 5.35. The second-order valence-corrected chi connectivity index (χ2v) is 4.81. The van der Waals surface area contributed by atoms with Crippen LogP contribution in [0.25, 0.3) is 0 Å². The van der Waals surface area contributed by atoms with Gasteiger partial charge in [0.15, 0.2) is 0 Å². The first kappa shape index (κ1) is 10.3. The number of hydrogen-bond donors (Lipinski definition) is 1. The van der Waals surface area contributed by atoms with Crippen LogP contribution in [0.4, 0.5) is 0 Å². The van der Waals surface area contributed by atoms with Gasteiger partial charge in [0.1, 0.15) is 5.69 Å². The lowest BCUT2D eigenvalue weighted by atomic mass is 9.77. The molecule has 3 heteroatoms. The molecule has 0 fully saturated rings. The molecule has 0 amide bonds. The fourth-order valence-corrected chi connectivity index (χ4v) is 2.36. The summed E-state index contributed by atoms with van der Waals surface area (Å²) in [6.07, 6.45) is 3.42. The molecule has 1 aliphatic carbocycles. The van der Waals surface area contributed by atoms with E-state index < -0.39 is 0 Å². The van der Waals surface area contributed by atoms with Crippen LogP contribution in [0.15, 0.2) is 6.07 Å². The summed E-state index contributed by atoms with van der Waals surface area (Å²) in [5.74, 6) is -0.278. The van der Waals surface area contributed by atoms with Gasteiger partial charge in [0, 0.05) is 11.1 Å². The Hall–Kier alpha value is -1.25. The van der Waals surface area contributed by atoms with Gasteiger partial charge < -0.3 is 9.72 Å². The Kier molecular flexibility index (Phi) is 2.33. The van der Waals surface area contributed by atoms with Crippen molar-refractivity contribution < 1.29 is 9.53 Å². The lowest BCUT2D eigenvalue weighted by Crippen LogP contribution is -2.23. The number of nitrogens with one attached hydrogen (secondary N) is 1. The Labute approximate surface area is 89.8 Å². The summed E-state index contributed by atoms with van der Waals surface area (Å²) in [7, 11) is 1.41. The maximum Gasteiger partial charge on any atom is 0.354 e. The van der Waals surface area contributed by atoms with Crippen molar-refractivity contribution in [2.45, 2.75) is 38.5 Å². The largest absolute Gasteiger partial charge is 0.464 e. The first-order valence-electron chi connectivity index (χ1n) is 5.35. The Morgan fingerprint density at radius 1 is 1.53 bits per heavy atom. The highest BCUT2D eigenvalue weighted by molar-refractivity contribution is 5.87. The average Bonchev–Trinajstić information content (AvgIpc) is 2.61. The summed E-state index contributed by atoms with van der Waals surface area (Å²) in [4.78, 5) is 14.6. The van der Waals surface area contributed by atoms with E-state index in [0.29, 0.717) is 5.69 Å². The van der Waals surface area contributed by atoms with Gasteiger partial charge in [0.05, 0.1) is 7.11 Å². The standard InChI is InChI=1S/C12H17NO2/c1-12(2)6-4-5-8-7-9(11(14)15-3)13-10(8)12/h7,13H,4-6H2,1-3H3. The van der Waals surface area contributed by atoms with Crippen LogP contribution in [0.1, 0.15) is 48.4 Å². The number of aromatic amines is 1. The fraction of sp³-hybridized carbons (Fsp3) is 0.583. The van der Waals surface area contributed by atoms with E-state index in [4.69, 9.17) is 4.74 Å². The van der Waals surface area contributed by atoms with E-state index in [0.717, 1.165) is 6.42 Å². The molecule has 1 heterocycles. The summed E-state index contributed by atoms with van der Waals surface area (Å²) in [5, 5.41) is 0. The molecule has 2 rings (SSSR count). The molecule has 1 aliphatic rings. The number of hydrogen-bond acceptors (Lipinski definition) is 2. The normalized spacial score (nSPS) is 18.3.